The second kappa shape index (κ2) is 29.3. The highest BCUT2D eigenvalue weighted by Crippen LogP contribution is 2.55. The van der Waals surface area contributed by atoms with Gasteiger partial charge in [0.2, 0.25) is 0 Å². The van der Waals surface area contributed by atoms with Crippen molar-refractivity contribution in [3.63, 3.8) is 0 Å². The molecule has 2 aliphatic rings. The molecule has 0 saturated heterocycles. The van der Waals surface area contributed by atoms with Crippen LogP contribution in [0.4, 0.5) is 0 Å². The van der Waals surface area contributed by atoms with Crippen molar-refractivity contribution >= 4 is 57.8 Å². The molecule has 0 fully saturated rings. The molecule has 2 aliphatic heterocycles. The maximum absolute atomic E-state index is 9.75. The number of aliphatic hydroxyl groups is 1. The van der Waals surface area contributed by atoms with Gasteiger partial charge >= 0.3 is 0 Å². The Hall–Kier alpha value is -3.28. The van der Waals surface area contributed by atoms with Crippen LogP contribution in [0.5, 0.6) is 23.0 Å². The fourth-order valence-electron chi connectivity index (χ4n) is 7.60. The average Bonchev–Trinajstić information content (AvgIpc) is 4.02. The zero-order valence-corrected chi connectivity index (χ0v) is 44.9. The van der Waals surface area contributed by atoms with Crippen molar-refractivity contribution in [3.8, 4) is 23.0 Å². The summed E-state index contributed by atoms with van der Waals surface area (Å²) in [6, 6.07) is 22.6. The summed E-state index contributed by atoms with van der Waals surface area (Å²) in [5.74, 6) is 4.85. The first-order valence-electron chi connectivity index (χ1n) is 24.2. The van der Waals surface area contributed by atoms with Gasteiger partial charge in [0.15, 0.2) is 0 Å². The highest BCUT2D eigenvalue weighted by Gasteiger charge is 2.23. The van der Waals surface area contributed by atoms with Crippen LogP contribution in [0.2, 0.25) is 0 Å². The van der Waals surface area contributed by atoms with E-state index in [1.54, 1.807) is 47.0 Å². The second-order valence-electron chi connectivity index (χ2n) is 17.8. The van der Waals surface area contributed by atoms with Gasteiger partial charge < -0.3 is 47.7 Å². The van der Waals surface area contributed by atoms with E-state index in [-0.39, 0.29) is 6.61 Å². The molecule has 6 rings (SSSR count). The average molecular weight is 1020 g/mol. The van der Waals surface area contributed by atoms with Gasteiger partial charge in [-0.15, -0.1) is 0 Å². The third-order valence-corrected chi connectivity index (χ3v) is 16.5. The Labute approximate surface area is 427 Å². The lowest BCUT2D eigenvalue weighted by molar-refractivity contribution is 0.0441. The van der Waals surface area contributed by atoms with E-state index in [1.807, 2.05) is 36.4 Å². The van der Waals surface area contributed by atoms with Gasteiger partial charge in [0.25, 0.3) is 0 Å². The van der Waals surface area contributed by atoms with E-state index < -0.39 is 0 Å². The monoisotopic (exact) mass is 1020 g/mol. The zero-order valence-electron chi connectivity index (χ0n) is 41.7. The van der Waals surface area contributed by atoms with Gasteiger partial charge in [0, 0.05) is 20.6 Å². The molecular weight excluding hydrogens is 949 g/mol. The lowest BCUT2D eigenvalue weighted by atomic mass is 9.91. The number of rotatable bonds is 31. The van der Waals surface area contributed by atoms with Gasteiger partial charge in [-0.05, 0) is 86.6 Å². The smallest absolute Gasteiger partial charge is 0.127 e. The minimum atomic E-state index is 0.0255. The van der Waals surface area contributed by atoms with Crippen LogP contribution in [0, 0.1) is 0 Å². The van der Waals surface area contributed by atoms with Gasteiger partial charge in [0.05, 0.1) is 81.2 Å². The van der Waals surface area contributed by atoms with Crippen molar-refractivity contribution in [2.24, 2.45) is 0 Å². The lowest BCUT2D eigenvalue weighted by Gasteiger charge is -2.21. The van der Waals surface area contributed by atoms with E-state index in [1.165, 1.54) is 29.4 Å². The normalized spacial score (nSPS) is 15.0. The first-order valence-corrected chi connectivity index (χ1v) is 27.6. The first-order chi connectivity index (χ1) is 33.5. The van der Waals surface area contributed by atoms with Crippen LogP contribution in [-0.4, -0.2) is 97.6 Å². The van der Waals surface area contributed by atoms with Crippen LogP contribution in [-0.2, 0) is 30.3 Å². The van der Waals surface area contributed by atoms with Crippen molar-refractivity contribution in [1.29, 1.82) is 0 Å². The second-order valence-corrected chi connectivity index (χ2v) is 22.3. The van der Waals surface area contributed by atoms with Crippen LogP contribution < -0.4 is 18.9 Å². The highest BCUT2D eigenvalue weighted by molar-refractivity contribution is 8.33. The summed E-state index contributed by atoms with van der Waals surface area (Å²) in [4.78, 5) is 2.39. The largest absolute Gasteiger partial charge is 0.491 e. The third-order valence-electron chi connectivity index (χ3n) is 11.2. The molecule has 0 amide bonds. The molecule has 0 unspecified atom stereocenters. The van der Waals surface area contributed by atoms with E-state index in [0.29, 0.717) is 116 Å². The molecular formula is C55H72O10S4. The fraction of sp³-hybridized carbons (Fsp3) is 0.491. The lowest BCUT2D eigenvalue weighted by Crippen LogP contribution is -2.14. The van der Waals surface area contributed by atoms with Gasteiger partial charge in [-0.25, -0.2) is 0 Å². The quantitative estimate of drug-likeness (QED) is 0.0484. The Kier molecular flexibility index (Phi) is 23.4. The van der Waals surface area contributed by atoms with Crippen LogP contribution in [0.1, 0.15) is 107 Å². The molecule has 0 spiro atoms. The molecule has 10 nitrogen and oxygen atoms in total. The van der Waals surface area contributed by atoms with Gasteiger partial charge in [-0.2, -0.15) is 0 Å². The molecule has 4 aromatic rings. The number of fused-ring (bicyclic) bond motifs is 1. The van der Waals surface area contributed by atoms with E-state index in [4.69, 9.17) is 42.6 Å². The highest BCUT2D eigenvalue weighted by atomic mass is 32.2. The fourth-order valence-corrected chi connectivity index (χ4v) is 12.4. The molecule has 0 bridgehead atoms. The number of benzene rings is 4. The van der Waals surface area contributed by atoms with Crippen LogP contribution in [0.15, 0.2) is 95.8 Å². The number of para-hydroxylation sites is 1. The van der Waals surface area contributed by atoms with Crippen LogP contribution in [0.25, 0.3) is 10.8 Å². The maximum atomic E-state index is 9.75. The summed E-state index contributed by atoms with van der Waals surface area (Å²) in [6.45, 7) is 24.3. The predicted molar refractivity (Wildman–Crippen MR) is 289 cm³/mol. The minimum Gasteiger partial charge on any atom is -0.491 e. The Balaban J connectivity index is 0.787. The maximum Gasteiger partial charge on any atom is 0.127 e. The number of aliphatic hydroxyl groups excluding tert-OH is 1. The van der Waals surface area contributed by atoms with Gasteiger partial charge in [-0.3, -0.25) is 0 Å². The van der Waals surface area contributed by atoms with E-state index >= 15 is 0 Å². The topological polar surface area (TPSA) is 103 Å². The standard InChI is InChI=1S/C55H72O10S4/c1-37(2)44-12-9-13-45(38(3)4)52(44)64-28-25-59-23-27-63-51-17-11-14-46-47(51)15-10-16-50(46)62-26-22-57-18-20-60-33-42-35-66-54(68-42)55-67-36-43(69-55)34-61-21-19-58-24-29-65-53-48(39(5)6)30-41(32-56)31-49(53)40(7)8/h9-17,30-31,35-40,56H,18-29,32-34H2,1-8H3/b55-54-. The molecule has 376 valence electrons. The van der Waals surface area contributed by atoms with Crippen LogP contribution >= 0.6 is 47.0 Å². The zero-order chi connectivity index (χ0) is 49.0. The van der Waals surface area contributed by atoms with E-state index in [9.17, 15) is 5.11 Å². The van der Waals surface area contributed by atoms with E-state index in [0.717, 1.165) is 50.5 Å². The van der Waals surface area contributed by atoms with Crippen molar-refractivity contribution in [2.45, 2.75) is 85.7 Å². The number of thioether (sulfide) groups is 4. The summed E-state index contributed by atoms with van der Waals surface area (Å²) in [5.41, 5.74) is 5.64. The summed E-state index contributed by atoms with van der Waals surface area (Å²) in [5, 5.41) is 16.1. The summed E-state index contributed by atoms with van der Waals surface area (Å²) in [6.07, 6.45) is 0. The molecule has 14 heteroatoms. The first kappa shape index (κ1) is 55.0. The Morgan fingerprint density at radius 2 is 0.783 bits per heavy atom. The molecule has 0 radical (unpaired) electrons. The minimum absolute atomic E-state index is 0.0255. The number of hydrogen-bond donors (Lipinski definition) is 1. The Morgan fingerprint density at radius 3 is 1.19 bits per heavy atom. The predicted octanol–water partition coefficient (Wildman–Crippen LogP) is 13.6. The Bertz CT molecular complexity index is 2270. The van der Waals surface area contributed by atoms with Gasteiger partial charge in [0.1, 0.15) is 49.4 Å². The van der Waals surface area contributed by atoms with E-state index in [2.05, 4.69) is 96.5 Å². The molecule has 0 aromatic heterocycles. The Morgan fingerprint density at radius 1 is 0.420 bits per heavy atom. The third kappa shape index (κ3) is 16.9. The van der Waals surface area contributed by atoms with Crippen molar-refractivity contribution < 1.29 is 47.7 Å². The summed E-state index contributed by atoms with van der Waals surface area (Å²) in [7, 11) is 0. The molecule has 4 aromatic carbocycles. The SMILES string of the molecule is CC(C)c1cc(CO)cc(C(C)C)c1OCCOCCOCC1=CS/C(=C2\SC=C(COCCOCCOc3cccc4c(OCCOCCOc5c(C(C)C)cccc5C(C)C)cccc34)S2)S1. The molecule has 2 heterocycles. The molecule has 0 aliphatic carbocycles. The van der Waals surface area contributed by atoms with Gasteiger partial charge in [-0.1, -0.05) is 145 Å². The van der Waals surface area contributed by atoms with Crippen LogP contribution in [0.3, 0.4) is 0 Å². The van der Waals surface area contributed by atoms with Crippen molar-refractivity contribution in [2.75, 3.05) is 92.5 Å². The molecule has 1 N–H and O–H groups in total. The van der Waals surface area contributed by atoms with Crippen molar-refractivity contribution in [3.05, 3.63) is 124 Å². The van der Waals surface area contributed by atoms with Crippen molar-refractivity contribution in [1.82, 2.24) is 0 Å². The summed E-state index contributed by atoms with van der Waals surface area (Å²) < 4.78 is 56.8. The summed E-state index contributed by atoms with van der Waals surface area (Å²) >= 11 is 7.06. The molecule has 0 atom stereocenters. The molecule has 0 saturated carbocycles. The number of ether oxygens (including phenoxy) is 9. The number of hydrogen-bond acceptors (Lipinski definition) is 14. The molecule has 69 heavy (non-hydrogen) atoms.